The van der Waals surface area contributed by atoms with Crippen LogP contribution in [0.2, 0.25) is 0 Å². The van der Waals surface area contributed by atoms with Crippen molar-refractivity contribution >= 4 is 74.7 Å². The molecule has 74 heavy (non-hydrogen) atoms. The first kappa shape index (κ1) is 49.1. The highest BCUT2D eigenvalue weighted by atomic mass is 16.7. The Morgan fingerprint density at radius 1 is 0.865 bits per heavy atom. The van der Waals surface area contributed by atoms with E-state index in [1.54, 1.807) is 12.1 Å². The Morgan fingerprint density at radius 2 is 1.64 bits per heavy atom. The molecular formula is C58H57N6O10+. The standard InChI is InChI=1S/C58H56N6O10/c1-57(2)45-28-34(10-8-11-52(67)74-64-50(65)24-25-51(64)66)12-22-46(45)63(7)58(57)33-60-54-43-32-39(18-13-35(43)15-23-47(54)73-58)71-27-9-26-59-55(68)36-14-19-40(44(29-36)56(69)70)53-41-20-16-37(61(3)4)30-48(41)72-49-31-38(62(5)6)17-21-42(49)53/h12-23,28-33H,8-11,24-27H2,1-7H3,(H-,59,68,69,70)/p+1. The number of nitrogens with one attached hydrogen (secondary N) is 1. The first-order valence-corrected chi connectivity index (χ1v) is 24.7. The summed E-state index contributed by atoms with van der Waals surface area (Å²) in [6, 6.07) is 32.5. The fourth-order valence-corrected chi connectivity index (χ4v) is 10.3. The number of hydroxylamine groups is 2. The van der Waals surface area contributed by atoms with Crippen LogP contribution < -0.4 is 34.5 Å². The Bertz CT molecular complexity index is 3540. The van der Waals surface area contributed by atoms with Crippen molar-refractivity contribution in [1.82, 2.24) is 15.0 Å². The normalized spacial score (nSPS) is 16.4. The second-order valence-electron chi connectivity index (χ2n) is 19.9. The van der Waals surface area contributed by atoms with Crippen LogP contribution in [0.3, 0.4) is 0 Å². The largest absolute Gasteiger partial charge is 0.494 e. The Balaban J connectivity index is 0.791. The molecule has 0 bridgehead atoms. The van der Waals surface area contributed by atoms with Gasteiger partial charge in [-0.05, 0) is 110 Å². The second kappa shape index (κ2) is 19.1. The van der Waals surface area contributed by atoms with Crippen LogP contribution in [0.25, 0.3) is 44.2 Å². The third-order valence-electron chi connectivity index (χ3n) is 14.5. The van der Waals surface area contributed by atoms with Gasteiger partial charge in [0.1, 0.15) is 42.6 Å². The number of likely N-dealkylation sites (N-methyl/N-ethyl adjacent to an activating group) is 1. The summed E-state index contributed by atoms with van der Waals surface area (Å²) in [5, 5.41) is 17.6. The number of carboxylic acids is 1. The van der Waals surface area contributed by atoms with E-state index in [2.05, 4.69) is 36.2 Å². The van der Waals surface area contributed by atoms with Crippen molar-refractivity contribution in [3.63, 3.8) is 0 Å². The minimum Gasteiger partial charge on any atom is -0.494 e. The zero-order chi connectivity index (χ0) is 52.2. The van der Waals surface area contributed by atoms with E-state index in [0.29, 0.717) is 70.6 Å². The minimum atomic E-state index is -1.16. The minimum absolute atomic E-state index is 0.00418. The van der Waals surface area contributed by atoms with Crippen LogP contribution in [0, 0.1) is 0 Å². The molecule has 10 rings (SSSR count). The molecule has 2 N–H and O–H groups in total. The maximum Gasteiger partial charge on any atom is 0.336 e. The Labute approximate surface area is 427 Å². The molecule has 5 aromatic rings. The number of aryl methyl sites for hydroxylation is 1. The lowest BCUT2D eigenvalue weighted by Gasteiger charge is -2.45. The smallest absolute Gasteiger partial charge is 0.336 e. The number of amides is 3. The van der Waals surface area contributed by atoms with E-state index in [1.165, 1.54) is 6.07 Å². The Kier molecular flexibility index (Phi) is 12.7. The zero-order valence-corrected chi connectivity index (χ0v) is 42.4. The second-order valence-corrected chi connectivity index (χ2v) is 19.9. The fourth-order valence-electron chi connectivity index (χ4n) is 10.3. The Hall–Kier alpha value is -8.53. The van der Waals surface area contributed by atoms with Gasteiger partial charge < -0.3 is 39.0 Å². The Morgan fingerprint density at radius 3 is 2.39 bits per heavy atom. The maximum absolute atomic E-state index is 13.5. The summed E-state index contributed by atoms with van der Waals surface area (Å²) < 4.78 is 21.6. The third-order valence-corrected chi connectivity index (χ3v) is 14.5. The molecule has 16 heteroatoms. The maximum atomic E-state index is 13.5. The van der Waals surface area contributed by atoms with Crippen LogP contribution in [-0.2, 0) is 31.1 Å². The molecular weight excluding hydrogens is 941 g/mol. The van der Waals surface area contributed by atoms with E-state index in [4.69, 9.17) is 23.7 Å². The molecule has 5 aliphatic rings. The van der Waals surface area contributed by atoms with Gasteiger partial charge >= 0.3 is 11.9 Å². The number of hydrogen-bond donors (Lipinski definition) is 2. The summed E-state index contributed by atoms with van der Waals surface area (Å²) in [6.07, 6.45) is 3.58. The number of carbonyl (C=O) groups is 5. The monoisotopic (exact) mass is 997 g/mol. The van der Waals surface area contributed by atoms with Crippen molar-refractivity contribution in [3.05, 3.63) is 131 Å². The topological polar surface area (TPSA) is 184 Å². The lowest BCUT2D eigenvalue weighted by molar-refractivity contribution is -0.197. The van der Waals surface area contributed by atoms with E-state index in [1.807, 2.05) is 124 Å². The van der Waals surface area contributed by atoms with Crippen LogP contribution in [-0.4, -0.2) is 100 Å². The molecule has 1 spiro atoms. The highest BCUT2D eigenvalue weighted by Gasteiger charge is 2.58. The first-order valence-electron chi connectivity index (χ1n) is 24.7. The number of benzene rings is 6. The summed E-state index contributed by atoms with van der Waals surface area (Å²) >= 11 is 0. The summed E-state index contributed by atoms with van der Waals surface area (Å²) in [7, 11) is 9.78. The van der Waals surface area contributed by atoms with Crippen LogP contribution >= 0.6 is 0 Å². The molecule has 378 valence electrons. The molecule has 1 saturated heterocycles. The molecule has 3 amide bonds. The average molecular weight is 998 g/mol. The first-order chi connectivity index (χ1) is 35.4. The predicted octanol–water partition coefficient (Wildman–Crippen LogP) is 8.50. The van der Waals surface area contributed by atoms with Crippen LogP contribution in [0.15, 0.2) is 113 Å². The predicted molar refractivity (Wildman–Crippen MR) is 283 cm³/mol. The number of rotatable bonds is 14. The number of carbonyl (C=O) groups excluding carboxylic acids is 4. The van der Waals surface area contributed by atoms with Gasteiger partial charge in [-0.25, -0.2) is 14.2 Å². The number of carboxylic acid groups (broad SMARTS) is 1. The lowest BCUT2D eigenvalue weighted by atomic mass is 9.77. The van der Waals surface area contributed by atoms with Gasteiger partial charge in [0.05, 0.1) is 29.9 Å². The fraction of sp³-hybridized carbons (Fsp3) is 0.293. The van der Waals surface area contributed by atoms with Gasteiger partial charge in [-0.3, -0.25) is 19.4 Å². The van der Waals surface area contributed by atoms with Gasteiger partial charge in [-0.1, -0.05) is 30.3 Å². The number of nitrogens with zero attached hydrogens (tertiary/aromatic N) is 5. The molecule has 0 aromatic heterocycles. The molecule has 1 unspecified atom stereocenters. The van der Waals surface area contributed by atoms with Crippen molar-refractivity contribution in [1.29, 1.82) is 0 Å². The average Bonchev–Trinajstić information content (AvgIpc) is 3.77. The van der Waals surface area contributed by atoms with E-state index in [9.17, 15) is 29.1 Å². The van der Waals surface area contributed by atoms with Crippen molar-refractivity contribution in [2.45, 2.75) is 63.5 Å². The van der Waals surface area contributed by atoms with E-state index in [0.717, 1.165) is 49.6 Å². The summed E-state index contributed by atoms with van der Waals surface area (Å²) in [4.78, 5) is 76.9. The molecule has 5 aromatic carbocycles. The molecule has 0 saturated carbocycles. The van der Waals surface area contributed by atoms with Gasteiger partial charge in [-0.2, -0.15) is 0 Å². The van der Waals surface area contributed by atoms with Gasteiger partial charge in [0.2, 0.25) is 11.1 Å². The quantitative estimate of drug-likeness (QED) is 0.0459. The van der Waals surface area contributed by atoms with Gasteiger partial charge in [0.25, 0.3) is 17.7 Å². The number of anilines is 2. The van der Waals surface area contributed by atoms with Crippen molar-refractivity contribution < 1.29 is 47.8 Å². The van der Waals surface area contributed by atoms with Crippen molar-refractivity contribution in [3.8, 4) is 33.9 Å². The number of aromatic carboxylic acids is 1. The highest BCUT2D eigenvalue weighted by Crippen LogP contribution is 2.55. The summed E-state index contributed by atoms with van der Waals surface area (Å²) in [5.74, 6) is -1.31. The number of fused-ring (bicyclic) bond motifs is 6. The number of hydrogen-bond acceptors (Lipinski definition) is 12. The lowest BCUT2D eigenvalue weighted by Crippen LogP contribution is -2.61. The molecule has 16 nitrogen and oxygen atoms in total. The van der Waals surface area contributed by atoms with E-state index >= 15 is 0 Å². The van der Waals surface area contributed by atoms with Crippen LogP contribution in [0.1, 0.15) is 77.8 Å². The molecule has 4 heterocycles. The van der Waals surface area contributed by atoms with Crippen molar-refractivity contribution in [2.75, 3.05) is 58.2 Å². The zero-order valence-electron chi connectivity index (χ0n) is 42.4. The number of ether oxygens (including phenoxy) is 2. The molecule has 1 fully saturated rings. The number of imide groups is 1. The molecule has 1 aliphatic carbocycles. The highest BCUT2D eigenvalue weighted by molar-refractivity contribution is 6.09. The van der Waals surface area contributed by atoms with E-state index < -0.39 is 40.8 Å². The summed E-state index contributed by atoms with van der Waals surface area (Å²) in [6.45, 7) is 4.85. The molecule has 0 radical (unpaired) electrons. The van der Waals surface area contributed by atoms with Crippen LogP contribution in [0.4, 0.5) is 17.1 Å². The van der Waals surface area contributed by atoms with Gasteiger partial charge in [-0.15, -0.1) is 5.06 Å². The van der Waals surface area contributed by atoms with Gasteiger partial charge in [0, 0.05) is 97.9 Å². The number of aliphatic imine (C=N–C) groups is 1. The molecule has 4 aliphatic heterocycles. The SMILES string of the molecule is CN(C)c1ccc2c(-c3ccc(C(=O)NCCCOc4ccc5ccc6c(c5c4)N=CC4(O6)N(C)c5ccc(CCCC(=O)ON6C(=O)CCC6=O)cc5C4(C)C)cc3C(=O)O)c3ccc(=[N+](C)C)cc-3oc2c1. The van der Waals surface area contributed by atoms with Crippen LogP contribution in [0.5, 0.6) is 11.5 Å². The third kappa shape index (κ3) is 8.73. The molecule has 1 atom stereocenters. The summed E-state index contributed by atoms with van der Waals surface area (Å²) in [5.41, 5.74) is 5.95. The van der Waals surface area contributed by atoms with Gasteiger partial charge in [0.15, 0.2) is 0 Å². The van der Waals surface area contributed by atoms with Crippen molar-refractivity contribution in [2.24, 2.45) is 4.99 Å². The van der Waals surface area contributed by atoms with E-state index in [-0.39, 0.29) is 36.9 Å².